The number of rotatable bonds is 41. The Morgan fingerprint density at radius 3 is 1.46 bits per heavy atom. The van der Waals surface area contributed by atoms with Gasteiger partial charge in [-0.15, -0.1) is 0 Å². The van der Waals surface area contributed by atoms with Crippen LogP contribution in [-0.2, 0) is 14.3 Å². The molecule has 0 aromatic heterocycles. The van der Waals surface area contributed by atoms with Crippen LogP contribution in [0.1, 0.15) is 246 Å². The van der Waals surface area contributed by atoms with Gasteiger partial charge in [-0.1, -0.05) is 188 Å². The Kier molecular flexibility index (Phi) is 38.6. The number of ether oxygens (including phenoxy) is 1. The fourth-order valence-electron chi connectivity index (χ4n) is 7.59. The highest BCUT2D eigenvalue weighted by molar-refractivity contribution is 5.81. The summed E-state index contributed by atoms with van der Waals surface area (Å²) in [5.41, 5.74) is 5.68. The fourth-order valence-corrected chi connectivity index (χ4v) is 7.59. The first-order chi connectivity index (χ1) is 25.4. The first kappa shape index (κ1) is 50.8. The molecule has 0 rings (SSSR count). The number of amides is 1. The van der Waals surface area contributed by atoms with Crippen LogP contribution in [0.3, 0.4) is 0 Å². The normalized spacial score (nSPS) is 13.3. The van der Waals surface area contributed by atoms with Crippen molar-refractivity contribution in [1.29, 1.82) is 0 Å². The molecule has 0 aliphatic carbocycles. The monoisotopic (exact) mass is 739 g/mol. The van der Waals surface area contributed by atoms with Gasteiger partial charge in [0.2, 0.25) is 0 Å². The molecule has 3 unspecified atom stereocenters. The second kappa shape index (κ2) is 39.5. The predicted molar refractivity (Wildman–Crippen MR) is 224 cm³/mol. The van der Waals surface area contributed by atoms with E-state index in [0.29, 0.717) is 38.5 Å². The van der Waals surface area contributed by atoms with E-state index in [-0.39, 0.29) is 24.3 Å². The van der Waals surface area contributed by atoms with Crippen molar-refractivity contribution >= 4 is 11.9 Å². The van der Waals surface area contributed by atoms with Crippen molar-refractivity contribution in [2.45, 2.75) is 258 Å². The molecule has 0 saturated carbocycles. The average Bonchev–Trinajstić information content (AvgIpc) is 3.15. The van der Waals surface area contributed by atoms with E-state index in [1.807, 2.05) is 4.90 Å². The van der Waals surface area contributed by atoms with E-state index in [1.165, 1.54) is 128 Å². The van der Waals surface area contributed by atoms with Crippen molar-refractivity contribution in [3.05, 3.63) is 0 Å². The molecule has 0 saturated heterocycles. The quantitative estimate of drug-likeness (QED) is 0.0501. The SMILES string of the molecule is CCCCCCCCCCN(C(=O)C(F)CCCN)C(CCCCCCCCC)CCCCCCCCC(=O)OCC(CCCC)CCCCCC. The average molecular weight is 739 g/mol. The molecule has 0 spiro atoms. The van der Waals surface area contributed by atoms with Crippen LogP contribution in [0.25, 0.3) is 0 Å². The number of hydrogen-bond acceptors (Lipinski definition) is 4. The lowest BCUT2D eigenvalue weighted by atomic mass is 9.96. The molecule has 310 valence electrons. The minimum absolute atomic E-state index is 0.0258. The maximum absolute atomic E-state index is 15.3. The minimum atomic E-state index is -1.44. The summed E-state index contributed by atoms with van der Waals surface area (Å²) in [6, 6.07) is 0.131. The van der Waals surface area contributed by atoms with Gasteiger partial charge in [0.25, 0.3) is 5.91 Å². The summed E-state index contributed by atoms with van der Waals surface area (Å²) in [7, 11) is 0. The third-order valence-corrected chi connectivity index (χ3v) is 11.1. The Morgan fingerprint density at radius 1 is 0.519 bits per heavy atom. The molecule has 0 heterocycles. The first-order valence-corrected chi connectivity index (χ1v) is 23.2. The van der Waals surface area contributed by atoms with Gasteiger partial charge in [-0.05, 0) is 63.8 Å². The number of nitrogens with two attached hydrogens (primary N) is 1. The lowest BCUT2D eigenvalue weighted by molar-refractivity contribution is -0.145. The molecule has 5 nitrogen and oxygen atoms in total. The van der Waals surface area contributed by atoms with Crippen LogP contribution in [-0.4, -0.2) is 48.7 Å². The molecule has 0 radical (unpaired) electrons. The lowest BCUT2D eigenvalue weighted by Gasteiger charge is -2.33. The van der Waals surface area contributed by atoms with Crippen LogP contribution in [0, 0.1) is 5.92 Å². The molecule has 0 aliphatic heterocycles. The van der Waals surface area contributed by atoms with Crippen LogP contribution < -0.4 is 5.73 Å². The molecule has 0 fully saturated rings. The number of halogens is 1. The van der Waals surface area contributed by atoms with Crippen LogP contribution in [0.5, 0.6) is 0 Å². The number of esters is 1. The molecule has 2 N–H and O–H groups in total. The van der Waals surface area contributed by atoms with E-state index in [4.69, 9.17) is 10.5 Å². The third kappa shape index (κ3) is 31.2. The van der Waals surface area contributed by atoms with Crippen LogP contribution in [0.2, 0.25) is 0 Å². The number of carbonyl (C=O) groups excluding carboxylic acids is 2. The highest BCUT2D eigenvalue weighted by Gasteiger charge is 2.29. The van der Waals surface area contributed by atoms with Gasteiger partial charge in [0, 0.05) is 19.0 Å². The van der Waals surface area contributed by atoms with Crippen LogP contribution in [0.15, 0.2) is 0 Å². The van der Waals surface area contributed by atoms with E-state index >= 15 is 4.39 Å². The Balaban J connectivity index is 4.89. The minimum Gasteiger partial charge on any atom is -0.465 e. The van der Waals surface area contributed by atoms with Crippen molar-refractivity contribution in [2.75, 3.05) is 19.7 Å². The molecule has 0 aliphatic rings. The number of nitrogens with zero attached hydrogens (tertiary/aromatic N) is 1. The van der Waals surface area contributed by atoms with E-state index < -0.39 is 6.17 Å². The third-order valence-electron chi connectivity index (χ3n) is 11.1. The number of hydrogen-bond donors (Lipinski definition) is 1. The number of alkyl halides is 1. The molecule has 0 aromatic carbocycles. The molecule has 0 bridgehead atoms. The molecule has 0 aromatic rings. The standard InChI is InChI=1S/C46H91FN2O3/c1-5-9-13-16-18-22-26-31-40-49(46(51)44(47)37-32-39-48)43(35-28-23-19-17-14-10-6-2)36-29-24-20-21-25-30-38-45(50)52-41-42(33-12-8-4)34-27-15-11-7-3/h42-44H,5-41,48H2,1-4H3. The molecule has 6 heteroatoms. The van der Waals surface area contributed by atoms with Gasteiger partial charge in [0.15, 0.2) is 6.17 Å². The van der Waals surface area contributed by atoms with Crippen molar-refractivity contribution in [3.8, 4) is 0 Å². The van der Waals surface area contributed by atoms with E-state index in [9.17, 15) is 9.59 Å². The van der Waals surface area contributed by atoms with Crippen LogP contribution in [0.4, 0.5) is 4.39 Å². The van der Waals surface area contributed by atoms with Gasteiger partial charge in [-0.25, -0.2) is 4.39 Å². The summed E-state index contributed by atoms with van der Waals surface area (Å²) in [6.45, 7) is 10.7. The molecule has 3 atom stereocenters. The lowest BCUT2D eigenvalue weighted by Crippen LogP contribution is -2.45. The number of carbonyl (C=O) groups is 2. The Hall–Kier alpha value is -1.17. The Labute approximate surface area is 324 Å². The van der Waals surface area contributed by atoms with Crippen molar-refractivity contribution in [1.82, 2.24) is 4.90 Å². The molecule has 52 heavy (non-hydrogen) atoms. The summed E-state index contributed by atoms with van der Waals surface area (Å²) in [5.74, 6) is 0.204. The highest BCUT2D eigenvalue weighted by Crippen LogP contribution is 2.23. The second-order valence-electron chi connectivity index (χ2n) is 16.2. The molecular formula is C46H91FN2O3. The smallest absolute Gasteiger partial charge is 0.305 e. The van der Waals surface area contributed by atoms with E-state index in [2.05, 4.69) is 27.7 Å². The van der Waals surface area contributed by atoms with Gasteiger partial charge in [-0.3, -0.25) is 9.59 Å². The fraction of sp³-hybridized carbons (Fsp3) is 0.957. The Bertz CT molecular complexity index is 766. The topological polar surface area (TPSA) is 72.6 Å². The van der Waals surface area contributed by atoms with Crippen molar-refractivity contribution in [2.24, 2.45) is 11.7 Å². The maximum atomic E-state index is 15.3. The predicted octanol–water partition coefficient (Wildman–Crippen LogP) is 14.0. The zero-order chi connectivity index (χ0) is 38.3. The van der Waals surface area contributed by atoms with Crippen molar-refractivity contribution < 1.29 is 18.7 Å². The van der Waals surface area contributed by atoms with E-state index in [1.54, 1.807) is 0 Å². The van der Waals surface area contributed by atoms with Gasteiger partial charge in [-0.2, -0.15) is 0 Å². The first-order valence-electron chi connectivity index (χ1n) is 23.2. The summed E-state index contributed by atoms with van der Waals surface area (Å²) >= 11 is 0. The van der Waals surface area contributed by atoms with E-state index in [0.717, 1.165) is 70.6 Å². The van der Waals surface area contributed by atoms with Gasteiger partial charge in [0.1, 0.15) is 0 Å². The summed E-state index contributed by atoms with van der Waals surface area (Å²) < 4.78 is 21.0. The highest BCUT2D eigenvalue weighted by atomic mass is 19.1. The van der Waals surface area contributed by atoms with Crippen LogP contribution >= 0.6 is 0 Å². The maximum Gasteiger partial charge on any atom is 0.305 e. The zero-order valence-electron chi connectivity index (χ0n) is 35.5. The Morgan fingerprint density at radius 2 is 0.942 bits per heavy atom. The molecular weight excluding hydrogens is 648 g/mol. The zero-order valence-corrected chi connectivity index (χ0v) is 35.5. The largest absolute Gasteiger partial charge is 0.465 e. The summed E-state index contributed by atoms with van der Waals surface area (Å²) in [6.07, 6.45) is 36.6. The van der Waals surface area contributed by atoms with Crippen molar-refractivity contribution in [3.63, 3.8) is 0 Å². The van der Waals surface area contributed by atoms with Gasteiger partial charge >= 0.3 is 5.97 Å². The summed E-state index contributed by atoms with van der Waals surface area (Å²) in [5, 5.41) is 0. The second-order valence-corrected chi connectivity index (χ2v) is 16.2. The molecule has 1 amide bonds. The van der Waals surface area contributed by atoms with Gasteiger partial charge in [0.05, 0.1) is 6.61 Å². The number of unbranched alkanes of at least 4 members (excludes halogenated alkanes) is 22. The van der Waals surface area contributed by atoms with Gasteiger partial charge < -0.3 is 15.4 Å². The summed E-state index contributed by atoms with van der Waals surface area (Å²) in [4.78, 5) is 28.0.